The van der Waals surface area contributed by atoms with Gasteiger partial charge < -0.3 is 15.2 Å². The monoisotopic (exact) mass is 520 g/mol. The summed E-state index contributed by atoms with van der Waals surface area (Å²) in [5.41, 5.74) is 3.02. The number of amides is 1. The minimum atomic E-state index is -0.753. The molecule has 1 amide bonds. The molecule has 38 heavy (non-hydrogen) atoms. The molecule has 0 spiro atoms. The predicted octanol–water partition coefficient (Wildman–Crippen LogP) is 4.54. The number of halogens is 1. The Balaban J connectivity index is 1.98. The predicted molar refractivity (Wildman–Crippen MR) is 147 cm³/mol. The molecule has 1 aromatic carbocycles. The van der Waals surface area contributed by atoms with Gasteiger partial charge in [0.2, 0.25) is 5.91 Å². The number of benzene rings is 1. The lowest BCUT2D eigenvalue weighted by Crippen LogP contribution is -2.40. The van der Waals surface area contributed by atoms with Gasteiger partial charge in [-0.1, -0.05) is 32.0 Å². The summed E-state index contributed by atoms with van der Waals surface area (Å²) < 4.78 is 16.2. The summed E-state index contributed by atoms with van der Waals surface area (Å²) in [6.07, 6.45) is 6.09. The number of Topliss-reactive ketones (excluding diaryl/α,β-unsaturated/α-hetero) is 1. The molecule has 2 heterocycles. The summed E-state index contributed by atoms with van der Waals surface area (Å²) in [7, 11) is 1.86. The summed E-state index contributed by atoms with van der Waals surface area (Å²) in [5.74, 6) is -0.704. The van der Waals surface area contributed by atoms with E-state index in [0.29, 0.717) is 29.5 Å². The number of hydrogen-bond acceptors (Lipinski definition) is 5. The Bertz CT molecular complexity index is 1310. The lowest BCUT2D eigenvalue weighted by atomic mass is 9.96. The lowest BCUT2D eigenvalue weighted by Gasteiger charge is -2.25. The first kappa shape index (κ1) is 28.9. The van der Waals surface area contributed by atoms with Crippen molar-refractivity contribution in [1.82, 2.24) is 20.2 Å². The van der Waals surface area contributed by atoms with Gasteiger partial charge in [-0.3, -0.25) is 19.4 Å². The zero-order chi connectivity index (χ0) is 27.8. The van der Waals surface area contributed by atoms with Crippen molar-refractivity contribution in [3.05, 3.63) is 87.9 Å². The van der Waals surface area contributed by atoms with Crippen LogP contribution < -0.4 is 16.2 Å². The topological polar surface area (TPSA) is 93.1 Å². The Labute approximate surface area is 223 Å². The first-order valence-corrected chi connectivity index (χ1v) is 13.0. The van der Waals surface area contributed by atoms with Crippen LogP contribution >= 0.6 is 0 Å². The second-order valence-electron chi connectivity index (χ2n) is 10.2. The van der Waals surface area contributed by atoms with E-state index in [0.717, 1.165) is 17.7 Å². The number of nitrogens with one attached hydrogen (secondary N) is 2. The largest absolute Gasteiger partial charge is 0.347 e. The number of rotatable bonds is 12. The molecule has 0 saturated carbocycles. The van der Waals surface area contributed by atoms with Gasteiger partial charge in [0.15, 0.2) is 0 Å². The molecular formula is C30H37FN4O3. The average Bonchev–Trinajstić information content (AvgIpc) is 2.86. The third-order valence-corrected chi connectivity index (χ3v) is 6.48. The smallest absolute Gasteiger partial charge is 0.251 e. The van der Waals surface area contributed by atoms with E-state index < -0.39 is 12.1 Å². The number of likely N-dealkylation sites (N-methyl/N-ethyl adjacent to an activating group) is 1. The van der Waals surface area contributed by atoms with Crippen LogP contribution in [-0.2, 0) is 16.0 Å². The number of pyridine rings is 2. The first-order valence-electron chi connectivity index (χ1n) is 13.0. The maximum atomic E-state index is 14.7. The van der Waals surface area contributed by atoms with Crippen LogP contribution in [0.25, 0.3) is 11.1 Å². The van der Waals surface area contributed by atoms with E-state index in [1.54, 1.807) is 36.8 Å². The van der Waals surface area contributed by atoms with Crippen molar-refractivity contribution in [2.75, 3.05) is 13.6 Å². The number of carbonyl (C=O) groups is 2. The van der Waals surface area contributed by atoms with Gasteiger partial charge in [0.25, 0.3) is 5.56 Å². The third-order valence-electron chi connectivity index (χ3n) is 6.48. The molecule has 2 aromatic heterocycles. The summed E-state index contributed by atoms with van der Waals surface area (Å²) in [5, 5.41) is 6.09. The maximum absolute atomic E-state index is 14.7. The van der Waals surface area contributed by atoms with Crippen molar-refractivity contribution in [2.24, 2.45) is 5.92 Å². The van der Waals surface area contributed by atoms with Gasteiger partial charge in [0.1, 0.15) is 17.6 Å². The van der Waals surface area contributed by atoms with Crippen molar-refractivity contribution >= 4 is 11.7 Å². The van der Waals surface area contributed by atoms with Gasteiger partial charge in [-0.25, -0.2) is 4.39 Å². The second kappa shape index (κ2) is 13.2. The van der Waals surface area contributed by atoms with Crippen molar-refractivity contribution in [3.8, 4) is 11.1 Å². The third kappa shape index (κ3) is 7.44. The molecule has 0 unspecified atom stereocenters. The molecule has 0 saturated heterocycles. The molecule has 0 bridgehead atoms. The Morgan fingerprint density at radius 1 is 1.13 bits per heavy atom. The molecule has 0 aliphatic rings. The molecule has 2 atom stereocenters. The van der Waals surface area contributed by atoms with E-state index >= 15 is 0 Å². The zero-order valence-electron chi connectivity index (χ0n) is 22.8. The number of ketones is 1. The fraction of sp³-hybridized carbons (Fsp3) is 0.400. The molecule has 3 aromatic rings. The SMILES string of the molecule is CNCCc1ccc(=O)n([C@@H](CC(C)C)C(=O)N[C@@H](CC(C)=O)c2cncc(-c3c(C)cccc3F)c2)c1. The summed E-state index contributed by atoms with van der Waals surface area (Å²) >= 11 is 0. The Hall–Kier alpha value is -3.65. The van der Waals surface area contributed by atoms with Gasteiger partial charge in [-0.2, -0.15) is 0 Å². The number of carbonyl (C=O) groups excluding carboxylic acids is 2. The number of aryl methyl sites for hydroxylation is 1. The van der Waals surface area contributed by atoms with Gasteiger partial charge in [0, 0.05) is 42.2 Å². The second-order valence-corrected chi connectivity index (χ2v) is 10.2. The van der Waals surface area contributed by atoms with Crippen LogP contribution in [0.3, 0.4) is 0 Å². The fourth-order valence-electron chi connectivity index (χ4n) is 4.59. The van der Waals surface area contributed by atoms with Crippen LogP contribution in [0.2, 0.25) is 0 Å². The van der Waals surface area contributed by atoms with Crippen LogP contribution in [0, 0.1) is 18.7 Å². The molecule has 3 rings (SSSR count). The molecule has 0 fully saturated rings. The van der Waals surface area contributed by atoms with Crippen molar-refractivity contribution in [1.29, 1.82) is 0 Å². The molecule has 7 nitrogen and oxygen atoms in total. The Morgan fingerprint density at radius 3 is 2.55 bits per heavy atom. The van der Waals surface area contributed by atoms with Gasteiger partial charge >= 0.3 is 0 Å². The summed E-state index contributed by atoms with van der Waals surface area (Å²) in [4.78, 5) is 43.0. The minimum absolute atomic E-state index is 0.0403. The van der Waals surface area contributed by atoms with E-state index in [4.69, 9.17) is 0 Å². The molecule has 2 N–H and O–H groups in total. The van der Waals surface area contributed by atoms with Gasteiger partial charge in [0.05, 0.1) is 6.04 Å². The molecular weight excluding hydrogens is 483 g/mol. The van der Waals surface area contributed by atoms with Crippen molar-refractivity contribution in [2.45, 2.75) is 59.0 Å². The number of nitrogens with zero attached hydrogens (tertiary/aromatic N) is 2. The van der Waals surface area contributed by atoms with Crippen LogP contribution in [0.5, 0.6) is 0 Å². The van der Waals surface area contributed by atoms with E-state index in [2.05, 4.69) is 15.6 Å². The van der Waals surface area contributed by atoms with Gasteiger partial charge in [-0.05, 0) is 75.0 Å². The molecule has 202 valence electrons. The van der Waals surface area contributed by atoms with Gasteiger partial charge in [-0.15, -0.1) is 0 Å². The standard InChI is InChI=1S/C30H37FN4O3/c1-19(2)13-27(35-18-22(11-12-32-5)9-10-28(35)37)30(38)34-26(14-21(4)36)23-15-24(17-33-16-23)29-20(3)7-6-8-25(29)31/h6-10,15-19,26-27,32H,11-14H2,1-5H3,(H,34,38)/t26-,27-/m0/s1. The Morgan fingerprint density at radius 2 is 1.89 bits per heavy atom. The van der Waals surface area contributed by atoms with E-state index in [9.17, 15) is 18.8 Å². The molecule has 0 aliphatic heterocycles. The van der Waals surface area contributed by atoms with Crippen LogP contribution in [0.4, 0.5) is 4.39 Å². The highest BCUT2D eigenvalue weighted by Crippen LogP contribution is 2.29. The number of hydrogen-bond donors (Lipinski definition) is 2. The normalized spacial score (nSPS) is 12.8. The summed E-state index contributed by atoms with van der Waals surface area (Å²) in [6.45, 7) is 8.00. The van der Waals surface area contributed by atoms with Crippen molar-refractivity contribution < 1.29 is 14.0 Å². The lowest BCUT2D eigenvalue weighted by molar-refractivity contribution is -0.126. The highest BCUT2D eigenvalue weighted by molar-refractivity contribution is 5.83. The number of aromatic nitrogens is 2. The summed E-state index contributed by atoms with van der Waals surface area (Å²) in [6, 6.07) is 8.45. The molecule has 0 radical (unpaired) electrons. The van der Waals surface area contributed by atoms with Crippen LogP contribution in [-0.4, -0.2) is 34.8 Å². The van der Waals surface area contributed by atoms with E-state index in [1.165, 1.54) is 23.6 Å². The fourth-order valence-corrected chi connectivity index (χ4v) is 4.59. The first-order chi connectivity index (χ1) is 18.1. The highest BCUT2D eigenvalue weighted by Gasteiger charge is 2.27. The Kier molecular flexibility index (Phi) is 10.1. The van der Waals surface area contributed by atoms with Crippen LogP contribution in [0.1, 0.15) is 62.4 Å². The van der Waals surface area contributed by atoms with E-state index in [-0.39, 0.29) is 35.4 Å². The van der Waals surface area contributed by atoms with Crippen molar-refractivity contribution in [3.63, 3.8) is 0 Å². The molecule has 0 aliphatic carbocycles. The zero-order valence-corrected chi connectivity index (χ0v) is 22.8. The quantitative estimate of drug-likeness (QED) is 0.366. The maximum Gasteiger partial charge on any atom is 0.251 e. The molecule has 8 heteroatoms. The minimum Gasteiger partial charge on any atom is -0.347 e. The van der Waals surface area contributed by atoms with E-state index in [1.807, 2.05) is 33.9 Å². The average molecular weight is 521 g/mol. The highest BCUT2D eigenvalue weighted by atomic mass is 19.1. The van der Waals surface area contributed by atoms with Crippen LogP contribution in [0.15, 0.2) is 59.8 Å².